The Kier molecular flexibility index (Phi) is 1.55. The summed E-state index contributed by atoms with van der Waals surface area (Å²) in [6.07, 6.45) is 1.75. The molecule has 1 aliphatic rings. The Morgan fingerprint density at radius 3 is 2.67 bits per heavy atom. The van der Waals surface area contributed by atoms with Crippen molar-refractivity contribution < 1.29 is 4.42 Å². The molecule has 2 rings (SSSR count). The zero-order valence-electron chi connectivity index (χ0n) is 7.79. The fraction of sp³-hybridized carbons (Fsp3) is 0.600. The lowest BCUT2D eigenvalue weighted by molar-refractivity contribution is 0.482. The molecule has 2 nitrogen and oxygen atoms in total. The van der Waals surface area contributed by atoms with Crippen molar-refractivity contribution in [2.75, 3.05) is 7.05 Å². The van der Waals surface area contributed by atoms with E-state index in [0.29, 0.717) is 17.4 Å². The predicted octanol–water partition coefficient (Wildman–Crippen LogP) is 1.99. The molecular weight excluding hydrogens is 150 g/mol. The minimum atomic E-state index is 0.354. The van der Waals surface area contributed by atoms with Gasteiger partial charge in [0.25, 0.3) is 0 Å². The molecule has 1 saturated carbocycles. The summed E-state index contributed by atoms with van der Waals surface area (Å²) >= 11 is 0. The smallest absolute Gasteiger partial charge is 0.109 e. The lowest BCUT2D eigenvalue weighted by atomic mass is 10.1. The molecule has 2 heteroatoms. The molecule has 1 N–H and O–H groups in total. The SMILES string of the molecule is CNC1C(c2ccco2)C1(C)C. The van der Waals surface area contributed by atoms with E-state index >= 15 is 0 Å². The zero-order valence-corrected chi connectivity index (χ0v) is 7.79. The van der Waals surface area contributed by atoms with Gasteiger partial charge in [0.05, 0.1) is 6.26 Å². The second kappa shape index (κ2) is 2.36. The van der Waals surface area contributed by atoms with E-state index < -0.39 is 0 Å². The Hall–Kier alpha value is -0.760. The molecule has 12 heavy (non-hydrogen) atoms. The molecule has 1 aliphatic carbocycles. The van der Waals surface area contributed by atoms with Gasteiger partial charge in [-0.2, -0.15) is 0 Å². The molecule has 2 unspecified atom stereocenters. The van der Waals surface area contributed by atoms with Crippen molar-refractivity contribution in [2.24, 2.45) is 5.41 Å². The van der Waals surface area contributed by atoms with Crippen LogP contribution in [0.2, 0.25) is 0 Å². The van der Waals surface area contributed by atoms with Gasteiger partial charge in [-0.05, 0) is 24.6 Å². The fourth-order valence-corrected chi connectivity index (χ4v) is 2.18. The van der Waals surface area contributed by atoms with Crippen LogP contribution in [0.25, 0.3) is 0 Å². The monoisotopic (exact) mass is 165 g/mol. The Bertz CT molecular complexity index is 263. The summed E-state index contributed by atoms with van der Waals surface area (Å²) < 4.78 is 5.39. The van der Waals surface area contributed by atoms with Crippen LogP contribution in [-0.2, 0) is 0 Å². The van der Waals surface area contributed by atoms with Gasteiger partial charge in [-0.25, -0.2) is 0 Å². The Labute approximate surface area is 73.0 Å². The molecule has 66 valence electrons. The van der Waals surface area contributed by atoms with Crippen molar-refractivity contribution in [1.82, 2.24) is 5.32 Å². The number of hydrogen-bond acceptors (Lipinski definition) is 2. The van der Waals surface area contributed by atoms with E-state index in [1.54, 1.807) is 6.26 Å². The van der Waals surface area contributed by atoms with Crippen LogP contribution in [0.5, 0.6) is 0 Å². The molecule has 0 bridgehead atoms. The molecule has 0 saturated heterocycles. The number of furan rings is 1. The van der Waals surface area contributed by atoms with Crippen molar-refractivity contribution in [2.45, 2.75) is 25.8 Å². The normalized spacial score (nSPS) is 31.9. The second-order valence-corrected chi connectivity index (χ2v) is 4.08. The minimum absolute atomic E-state index is 0.354. The summed E-state index contributed by atoms with van der Waals surface area (Å²) in [5.74, 6) is 1.66. The Morgan fingerprint density at radius 1 is 1.50 bits per heavy atom. The fourth-order valence-electron chi connectivity index (χ4n) is 2.18. The van der Waals surface area contributed by atoms with Crippen molar-refractivity contribution in [3.63, 3.8) is 0 Å². The summed E-state index contributed by atoms with van der Waals surface area (Å²) in [7, 11) is 2.01. The van der Waals surface area contributed by atoms with Crippen molar-refractivity contribution in [1.29, 1.82) is 0 Å². The molecule has 1 fully saturated rings. The first-order valence-corrected chi connectivity index (χ1v) is 4.38. The van der Waals surface area contributed by atoms with E-state index in [9.17, 15) is 0 Å². The molecule has 1 heterocycles. The first-order valence-electron chi connectivity index (χ1n) is 4.38. The number of nitrogens with one attached hydrogen (secondary N) is 1. The van der Waals surface area contributed by atoms with Crippen molar-refractivity contribution in [3.8, 4) is 0 Å². The van der Waals surface area contributed by atoms with Gasteiger partial charge in [0.2, 0.25) is 0 Å². The quantitative estimate of drug-likeness (QED) is 0.725. The standard InChI is InChI=1S/C10H15NO/c1-10(2)8(9(10)11-3)7-5-4-6-12-7/h4-6,8-9,11H,1-3H3. The van der Waals surface area contributed by atoms with Gasteiger partial charge in [-0.1, -0.05) is 13.8 Å². The van der Waals surface area contributed by atoms with Gasteiger partial charge < -0.3 is 9.73 Å². The lowest BCUT2D eigenvalue weighted by Crippen LogP contribution is -2.14. The minimum Gasteiger partial charge on any atom is -0.469 e. The summed E-state index contributed by atoms with van der Waals surface area (Å²) in [5.41, 5.74) is 0.354. The van der Waals surface area contributed by atoms with E-state index in [1.165, 1.54) is 0 Å². The van der Waals surface area contributed by atoms with Crippen molar-refractivity contribution >= 4 is 0 Å². The zero-order chi connectivity index (χ0) is 8.77. The maximum atomic E-state index is 5.39. The maximum absolute atomic E-state index is 5.39. The number of likely N-dealkylation sites (N-methyl/N-ethyl adjacent to an activating group) is 1. The summed E-state index contributed by atoms with van der Waals surface area (Å²) in [5, 5.41) is 3.31. The van der Waals surface area contributed by atoms with Gasteiger partial charge in [0.1, 0.15) is 5.76 Å². The molecule has 1 aromatic heterocycles. The van der Waals surface area contributed by atoms with E-state index in [1.807, 2.05) is 13.1 Å². The third kappa shape index (κ3) is 0.911. The summed E-state index contributed by atoms with van der Waals surface area (Å²) in [6.45, 7) is 4.53. The molecule has 0 spiro atoms. The van der Waals surface area contributed by atoms with Crippen LogP contribution < -0.4 is 5.32 Å². The van der Waals surface area contributed by atoms with E-state index in [0.717, 1.165) is 5.76 Å². The second-order valence-electron chi connectivity index (χ2n) is 4.08. The van der Waals surface area contributed by atoms with Crippen LogP contribution in [0, 0.1) is 5.41 Å². The first kappa shape index (κ1) is 7.87. The van der Waals surface area contributed by atoms with Crippen LogP contribution in [0.15, 0.2) is 22.8 Å². The van der Waals surface area contributed by atoms with E-state index in [4.69, 9.17) is 4.42 Å². The average molecular weight is 165 g/mol. The van der Waals surface area contributed by atoms with Crippen LogP contribution in [0.3, 0.4) is 0 Å². The lowest BCUT2D eigenvalue weighted by Gasteiger charge is -1.98. The average Bonchev–Trinajstić information content (AvgIpc) is 2.50. The van der Waals surface area contributed by atoms with E-state index in [-0.39, 0.29) is 0 Å². The van der Waals surface area contributed by atoms with Gasteiger partial charge in [-0.15, -0.1) is 0 Å². The third-order valence-corrected chi connectivity index (χ3v) is 2.99. The molecular formula is C10H15NO. The predicted molar refractivity (Wildman–Crippen MR) is 48.1 cm³/mol. The highest BCUT2D eigenvalue weighted by Crippen LogP contribution is 2.58. The van der Waals surface area contributed by atoms with Gasteiger partial charge in [0, 0.05) is 12.0 Å². The molecule has 0 amide bonds. The van der Waals surface area contributed by atoms with Crippen LogP contribution in [-0.4, -0.2) is 13.1 Å². The third-order valence-electron chi connectivity index (χ3n) is 2.99. The number of rotatable bonds is 2. The van der Waals surface area contributed by atoms with Crippen LogP contribution in [0.1, 0.15) is 25.5 Å². The van der Waals surface area contributed by atoms with Gasteiger partial charge in [0.15, 0.2) is 0 Å². The van der Waals surface area contributed by atoms with Gasteiger partial charge in [-0.3, -0.25) is 0 Å². The molecule has 0 radical (unpaired) electrons. The van der Waals surface area contributed by atoms with Gasteiger partial charge >= 0.3 is 0 Å². The van der Waals surface area contributed by atoms with Crippen molar-refractivity contribution in [3.05, 3.63) is 24.2 Å². The van der Waals surface area contributed by atoms with Crippen LogP contribution >= 0.6 is 0 Å². The maximum Gasteiger partial charge on any atom is 0.109 e. The van der Waals surface area contributed by atoms with E-state index in [2.05, 4.69) is 25.2 Å². The highest BCUT2D eigenvalue weighted by molar-refractivity contribution is 5.27. The highest BCUT2D eigenvalue weighted by atomic mass is 16.3. The van der Waals surface area contributed by atoms with Crippen LogP contribution in [0.4, 0.5) is 0 Å². The molecule has 0 aromatic carbocycles. The summed E-state index contributed by atoms with van der Waals surface area (Å²) in [6, 6.07) is 4.59. The molecule has 2 atom stereocenters. The topological polar surface area (TPSA) is 25.2 Å². The highest BCUT2D eigenvalue weighted by Gasteiger charge is 2.59. The molecule has 0 aliphatic heterocycles. The Balaban J connectivity index is 2.19. The first-order chi connectivity index (χ1) is 5.68. The molecule has 1 aromatic rings. The number of hydrogen-bond donors (Lipinski definition) is 1. The Morgan fingerprint density at radius 2 is 2.25 bits per heavy atom. The summed E-state index contributed by atoms with van der Waals surface area (Å²) in [4.78, 5) is 0. The largest absolute Gasteiger partial charge is 0.469 e.